The van der Waals surface area contributed by atoms with Crippen LogP contribution in [0.4, 0.5) is 5.69 Å². The van der Waals surface area contributed by atoms with Gasteiger partial charge in [0.05, 0.1) is 0 Å². The van der Waals surface area contributed by atoms with Gasteiger partial charge >= 0.3 is 0 Å². The predicted molar refractivity (Wildman–Crippen MR) is 80.8 cm³/mol. The van der Waals surface area contributed by atoms with Crippen LogP contribution in [0, 0.1) is 20.8 Å². The summed E-state index contributed by atoms with van der Waals surface area (Å²) in [5, 5.41) is 0.642. The summed E-state index contributed by atoms with van der Waals surface area (Å²) < 4.78 is 5.93. The predicted octanol–water partition coefficient (Wildman–Crippen LogP) is 4.43. The molecule has 100 valence electrons. The van der Waals surface area contributed by atoms with E-state index in [4.69, 9.17) is 22.1 Å². The van der Waals surface area contributed by atoms with Crippen LogP contribution in [0.15, 0.2) is 30.3 Å². The minimum Gasteiger partial charge on any atom is -0.488 e. The van der Waals surface area contributed by atoms with E-state index in [0.29, 0.717) is 17.3 Å². The molecule has 19 heavy (non-hydrogen) atoms. The van der Waals surface area contributed by atoms with E-state index >= 15 is 0 Å². The van der Waals surface area contributed by atoms with Crippen molar-refractivity contribution in [3.05, 3.63) is 57.6 Å². The third-order valence-electron chi connectivity index (χ3n) is 3.32. The molecule has 2 aromatic rings. The molecule has 0 bridgehead atoms. The highest BCUT2D eigenvalue weighted by atomic mass is 35.5. The summed E-state index contributed by atoms with van der Waals surface area (Å²) in [6.07, 6.45) is 0. The SMILES string of the molecule is Cc1ccc(C)c(OCc2ccc(N)cc2Cl)c1C. The second-order valence-electron chi connectivity index (χ2n) is 4.79. The number of benzene rings is 2. The molecule has 0 heterocycles. The average Bonchev–Trinajstić information content (AvgIpc) is 2.36. The van der Waals surface area contributed by atoms with E-state index in [1.54, 1.807) is 6.07 Å². The molecular formula is C16H18ClNO. The summed E-state index contributed by atoms with van der Waals surface area (Å²) in [6, 6.07) is 9.66. The molecule has 0 saturated heterocycles. The number of rotatable bonds is 3. The Morgan fingerprint density at radius 2 is 1.74 bits per heavy atom. The van der Waals surface area contributed by atoms with Gasteiger partial charge in [0.2, 0.25) is 0 Å². The van der Waals surface area contributed by atoms with E-state index in [2.05, 4.69) is 26.0 Å². The Kier molecular flexibility index (Phi) is 4.01. The van der Waals surface area contributed by atoms with Gasteiger partial charge in [0.1, 0.15) is 12.4 Å². The minimum absolute atomic E-state index is 0.449. The lowest BCUT2D eigenvalue weighted by molar-refractivity contribution is 0.302. The van der Waals surface area contributed by atoms with Crippen molar-refractivity contribution in [2.75, 3.05) is 5.73 Å². The normalized spacial score (nSPS) is 10.5. The Morgan fingerprint density at radius 3 is 2.42 bits per heavy atom. The first kappa shape index (κ1) is 13.8. The Hall–Kier alpha value is -1.67. The topological polar surface area (TPSA) is 35.2 Å². The zero-order chi connectivity index (χ0) is 14.0. The highest BCUT2D eigenvalue weighted by molar-refractivity contribution is 6.31. The minimum atomic E-state index is 0.449. The third kappa shape index (κ3) is 3.02. The standard InChI is InChI=1S/C16H18ClNO/c1-10-4-5-11(2)16(12(10)3)19-9-13-6-7-14(18)8-15(13)17/h4-8H,9,18H2,1-3H3. The molecule has 0 aliphatic carbocycles. The lowest BCUT2D eigenvalue weighted by Crippen LogP contribution is -2.01. The number of hydrogen-bond donors (Lipinski definition) is 1. The van der Waals surface area contributed by atoms with Crippen LogP contribution in [-0.2, 0) is 6.61 Å². The molecule has 2 aromatic carbocycles. The van der Waals surface area contributed by atoms with Crippen LogP contribution in [0.2, 0.25) is 5.02 Å². The fraction of sp³-hybridized carbons (Fsp3) is 0.250. The van der Waals surface area contributed by atoms with Gasteiger partial charge in [-0.3, -0.25) is 0 Å². The Labute approximate surface area is 119 Å². The number of hydrogen-bond acceptors (Lipinski definition) is 2. The summed E-state index contributed by atoms with van der Waals surface area (Å²) >= 11 is 6.15. The van der Waals surface area contributed by atoms with Crippen LogP contribution in [0.3, 0.4) is 0 Å². The fourth-order valence-electron chi connectivity index (χ4n) is 1.98. The maximum atomic E-state index is 6.15. The molecule has 0 atom stereocenters. The zero-order valence-electron chi connectivity index (χ0n) is 11.5. The molecule has 2 nitrogen and oxygen atoms in total. The van der Waals surface area contributed by atoms with Crippen LogP contribution in [0.1, 0.15) is 22.3 Å². The number of nitrogen functional groups attached to an aromatic ring is 1. The van der Waals surface area contributed by atoms with E-state index in [1.165, 1.54) is 11.1 Å². The molecule has 0 aliphatic rings. The van der Waals surface area contributed by atoms with Crippen LogP contribution >= 0.6 is 11.6 Å². The first-order chi connectivity index (χ1) is 8.99. The van der Waals surface area contributed by atoms with E-state index in [-0.39, 0.29) is 0 Å². The summed E-state index contributed by atoms with van der Waals surface area (Å²) in [7, 11) is 0. The molecule has 0 aromatic heterocycles. The Balaban J connectivity index is 2.21. The van der Waals surface area contributed by atoms with Gasteiger partial charge in [-0.05, 0) is 49.6 Å². The summed E-state index contributed by atoms with van der Waals surface area (Å²) in [4.78, 5) is 0. The molecule has 0 radical (unpaired) electrons. The number of halogens is 1. The maximum Gasteiger partial charge on any atom is 0.125 e. The first-order valence-electron chi connectivity index (χ1n) is 6.22. The van der Waals surface area contributed by atoms with Crippen molar-refractivity contribution in [2.24, 2.45) is 0 Å². The van der Waals surface area contributed by atoms with Crippen molar-refractivity contribution < 1.29 is 4.74 Å². The van der Waals surface area contributed by atoms with E-state index in [0.717, 1.165) is 16.9 Å². The Morgan fingerprint density at radius 1 is 1.05 bits per heavy atom. The molecule has 0 saturated carbocycles. The van der Waals surface area contributed by atoms with Crippen LogP contribution < -0.4 is 10.5 Å². The first-order valence-corrected chi connectivity index (χ1v) is 6.60. The van der Waals surface area contributed by atoms with Crippen molar-refractivity contribution in [3.8, 4) is 5.75 Å². The number of aryl methyl sites for hydroxylation is 2. The van der Waals surface area contributed by atoms with Gasteiger partial charge in [-0.1, -0.05) is 29.8 Å². The summed E-state index contributed by atoms with van der Waals surface area (Å²) in [5.41, 5.74) is 10.8. The molecule has 0 spiro atoms. The molecule has 3 heteroatoms. The van der Waals surface area contributed by atoms with Crippen LogP contribution in [0.25, 0.3) is 0 Å². The lowest BCUT2D eigenvalue weighted by Gasteiger charge is -2.14. The molecule has 2 N–H and O–H groups in total. The quantitative estimate of drug-likeness (QED) is 0.841. The van der Waals surface area contributed by atoms with Gasteiger partial charge in [0.15, 0.2) is 0 Å². The number of anilines is 1. The molecule has 0 unspecified atom stereocenters. The highest BCUT2D eigenvalue weighted by Crippen LogP contribution is 2.28. The van der Waals surface area contributed by atoms with Gasteiger partial charge in [0.25, 0.3) is 0 Å². The average molecular weight is 276 g/mol. The highest BCUT2D eigenvalue weighted by Gasteiger charge is 2.08. The summed E-state index contributed by atoms with van der Waals surface area (Å²) in [5.74, 6) is 0.938. The van der Waals surface area contributed by atoms with Gasteiger partial charge < -0.3 is 10.5 Å². The largest absolute Gasteiger partial charge is 0.488 e. The molecular weight excluding hydrogens is 258 g/mol. The molecule has 0 fully saturated rings. The van der Waals surface area contributed by atoms with Crippen molar-refractivity contribution >= 4 is 17.3 Å². The fourth-order valence-corrected chi connectivity index (χ4v) is 2.22. The third-order valence-corrected chi connectivity index (χ3v) is 3.67. The molecule has 0 amide bonds. The number of ether oxygens (including phenoxy) is 1. The van der Waals surface area contributed by atoms with E-state index in [9.17, 15) is 0 Å². The smallest absolute Gasteiger partial charge is 0.125 e. The van der Waals surface area contributed by atoms with Gasteiger partial charge in [0, 0.05) is 16.3 Å². The molecule has 0 aliphatic heterocycles. The number of nitrogens with two attached hydrogens (primary N) is 1. The van der Waals surface area contributed by atoms with Crippen LogP contribution in [-0.4, -0.2) is 0 Å². The van der Waals surface area contributed by atoms with Crippen molar-refractivity contribution in [1.29, 1.82) is 0 Å². The maximum absolute atomic E-state index is 6.15. The Bertz CT molecular complexity index is 608. The lowest BCUT2D eigenvalue weighted by atomic mass is 10.1. The second kappa shape index (κ2) is 5.54. The van der Waals surface area contributed by atoms with Crippen LogP contribution in [0.5, 0.6) is 5.75 Å². The van der Waals surface area contributed by atoms with Gasteiger partial charge in [-0.25, -0.2) is 0 Å². The van der Waals surface area contributed by atoms with E-state index < -0.39 is 0 Å². The van der Waals surface area contributed by atoms with Crippen molar-refractivity contribution in [2.45, 2.75) is 27.4 Å². The van der Waals surface area contributed by atoms with Crippen molar-refractivity contribution in [3.63, 3.8) is 0 Å². The monoisotopic (exact) mass is 275 g/mol. The molecule has 2 rings (SSSR count). The second-order valence-corrected chi connectivity index (χ2v) is 5.20. The van der Waals surface area contributed by atoms with Crippen molar-refractivity contribution in [1.82, 2.24) is 0 Å². The zero-order valence-corrected chi connectivity index (χ0v) is 12.2. The summed E-state index contributed by atoms with van der Waals surface area (Å²) in [6.45, 7) is 6.65. The van der Waals surface area contributed by atoms with Gasteiger partial charge in [-0.2, -0.15) is 0 Å². The van der Waals surface area contributed by atoms with Gasteiger partial charge in [-0.15, -0.1) is 0 Å². The van der Waals surface area contributed by atoms with E-state index in [1.807, 2.05) is 19.1 Å².